The number of amides is 1. The molecule has 1 amide bonds. The number of hydrogen-bond acceptors (Lipinski definition) is 5. The normalized spacial score (nSPS) is 19.3. The van der Waals surface area contributed by atoms with E-state index in [1.54, 1.807) is 6.07 Å². The topological polar surface area (TPSA) is 67.9 Å². The van der Waals surface area contributed by atoms with Crippen molar-refractivity contribution in [1.82, 2.24) is 4.90 Å². The number of methoxy groups -OCH3 is 1. The Morgan fingerprint density at radius 2 is 1.79 bits per heavy atom. The van der Waals surface area contributed by atoms with Crippen LogP contribution in [-0.2, 0) is 31.7 Å². The minimum Gasteiger partial charge on any atom is -0.457 e. The van der Waals surface area contributed by atoms with Gasteiger partial charge in [0.25, 0.3) is 0 Å². The highest BCUT2D eigenvalue weighted by Crippen LogP contribution is 2.48. The number of nitrogens with zero attached hydrogens (tertiary/aromatic N) is 1. The van der Waals surface area contributed by atoms with Crippen LogP contribution in [0, 0.1) is 11.7 Å². The number of esters is 1. The zero-order valence-corrected chi connectivity index (χ0v) is 25.7. The minimum atomic E-state index is -4.42. The molecule has 1 N–H and O–H groups in total. The molecule has 0 bridgehead atoms. The smallest absolute Gasteiger partial charge is 0.416 e. The van der Waals surface area contributed by atoms with Crippen molar-refractivity contribution in [3.05, 3.63) is 65.0 Å². The van der Waals surface area contributed by atoms with E-state index in [4.69, 9.17) is 9.47 Å². The first-order valence-electron chi connectivity index (χ1n) is 14.9. The lowest BCUT2D eigenvalue weighted by Gasteiger charge is -2.47. The molecule has 3 rings (SSSR count). The molecule has 0 fully saturated rings. The molecule has 6 nitrogen and oxygen atoms in total. The number of unbranched alkanes of at least 4 members (excludes halogenated alkanes) is 1. The van der Waals surface area contributed by atoms with Gasteiger partial charge in [0.15, 0.2) is 0 Å². The fourth-order valence-electron chi connectivity index (χ4n) is 6.16. The number of carbonyl (C=O) groups excluding carboxylic acids is 2. The lowest BCUT2D eigenvalue weighted by molar-refractivity contribution is -0.172. The molecule has 0 heterocycles. The molecule has 1 aliphatic carbocycles. The summed E-state index contributed by atoms with van der Waals surface area (Å²) < 4.78 is 63.5. The summed E-state index contributed by atoms with van der Waals surface area (Å²) in [5.41, 5.74) is 0.811. The maximum Gasteiger partial charge on any atom is 0.416 e. The summed E-state index contributed by atoms with van der Waals surface area (Å²) in [4.78, 5) is 27.3. The molecule has 3 atom stereocenters. The van der Waals surface area contributed by atoms with E-state index in [1.165, 1.54) is 25.3 Å². The number of halogens is 4. The number of carbonyl (C=O) groups is 2. The molecule has 1 aliphatic rings. The number of fused-ring (bicyclic) bond motifs is 1. The average Bonchev–Trinajstić information content (AvgIpc) is 2.93. The van der Waals surface area contributed by atoms with Crippen LogP contribution in [0.25, 0.3) is 0 Å². The van der Waals surface area contributed by atoms with Gasteiger partial charge in [-0.1, -0.05) is 26.3 Å². The predicted molar refractivity (Wildman–Crippen MR) is 158 cm³/mol. The lowest BCUT2D eigenvalue weighted by atomic mass is 9.65. The second-order valence-corrected chi connectivity index (χ2v) is 12.0. The number of rotatable bonds is 14. The average molecular weight is 609 g/mol. The van der Waals surface area contributed by atoms with Crippen LogP contribution >= 0.6 is 0 Å². The third kappa shape index (κ3) is 9.50. The number of hydrogen-bond donors (Lipinski definition) is 1. The van der Waals surface area contributed by atoms with Crippen molar-refractivity contribution >= 4 is 17.6 Å². The van der Waals surface area contributed by atoms with Gasteiger partial charge in [-0.15, -0.1) is 0 Å². The van der Waals surface area contributed by atoms with Gasteiger partial charge < -0.3 is 19.7 Å². The zero-order valence-electron chi connectivity index (χ0n) is 25.7. The Hall–Kier alpha value is -2.98. The fourth-order valence-corrected chi connectivity index (χ4v) is 6.16. The Bertz CT molecular complexity index is 1220. The van der Waals surface area contributed by atoms with Crippen LogP contribution in [0.3, 0.4) is 0 Å². The van der Waals surface area contributed by atoms with Crippen molar-refractivity contribution in [2.45, 2.75) is 89.5 Å². The number of aryl methyl sites for hydroxylation is 1. The largest absolute Gasteiger partial charge is 0.457 e. The van der Waals surface area contributed by atoms with Gasteiger partial charge in [-0.05, 0) is 93.1 Å². The Kier molecular flexibility index (Phi) is 12.2. The molecule has 43 heavy (non-hydrogen) atoms. The van der Waals surface area contributed by atoms with Crippen LogP contribution in [0.15, 0.2) is 42.5 Å². The molecule has 2 aromatic carbocycles. The highest BCUT2D eigenvalue weighted by Gasteiger charge is 2.48. The Morgan fingerprint density at radius 1 is 1.09 bits per heavy atom. The maximum atomic E-state index is 14.0. The monoisotopic (exact) mass is 608 g/mol. The van der Waals surface area contributed by atoms with Crippen LogP contribution in [0.5, 0.6) is 0 Å². The highest BCUT2D eigenvalue weighted by atomic mass is 19.4. The molecule has 0 saturated heterocycles. The minimum absolute atomic E-state index is 0.0930. The first-order valence-corrected chi connectivity index (χ1v) is 14.9. The SMILES string of the molecule is COCC(=O)O[C@]1(CCN(C)C(C)CCCCC(=O)Nc2ccc(C(F)(F)F)cc2)CCc2cc(F)ccc2[C@@H]1C(C)C. The van der Waals surface area contributed by atoms with Crippen molar-refractivity contribution in [3.63, 3.8) is 0 Å². The standard InChI is InChI=1S/C33H44F4N2O4/c1-22(2)31-28-15-12-26(34)20-24(28)16-17-32(31,43-30(41)21-42-5)18-19-39(4)23(3)8-6-7-9-29(40)38-27-13-10-25(11-14-27)33(35,36)37/h10-15,20,22-23,31H,6-9,16-19,21H2,1-5H3,(H,38,40)/t23?,31-,32-/m0/s1. The molecule has 0 saturated carbocycles. The van der Waals surface area contributed by atoms with E-state index in [0.29, 0.717) is 37.9 Å². The van der Waals surface area contributed by atoms with E-state index < -0.39 is 23.3 Å². The van der Waals surface area contributed by atoms with Gasteiger partial charge in [0.2, 0.25) is 5.91 Å². The maximum absolute atomic E-state index is 14.0. The second kappa shape index (κ2) is 15.1. The molecular formula is C33H44F4N2O4. The van der Waals surface area contributed by atoms with Crippen molar-refractivity contribution in [3.8, 4) is 0 Å². The van der Waals surface area contributed by atoms with Crippen molar-refractivity contribution in [2.24, 2.45) is 5.92 Å². The quantitative estimate of drug-likeness (QED) is 0.138. The lowest BCUT2D eigenvalue weighted by Crippen LogP contribution is -2.49. The second-order valence-electron chi connectivity index (χ2n) is 12.0. The Morgan fingerprint density at radius 3 is 2.42 bits per heavy atom. The summed E-state index contributed by atoms with van der Waals surface area (Å²) in [7, 11) is 3.49. The Labute approximate surface area is 252 Å². The number of anilines is 1. The van der Waals surface area contributed by atoms with Gasteiger partial charge in [-0.25, -0.2) is 9.18 Å². The third-order valence-electron chi connectivity index (χ3n) is 8.48. The van der Waals surface area contributed by atoms with E-state index in [0.717, 1.165) is 36.1 Å². The molecular weight excluding hydrogens is 564 g/mol. The van der Waals surface area contributed by atoms with Gasteiger partial charge in [0.05, 0.1) is 5.56 Å². The van der Waals surface area contributed by atoms with Crippen LogP contribution in [0.4, 0.5) is 23.2 Å². The van der Waals surface area contributed by atoms with Crippen LogP contribution < -0.4 is 5.32 Å². The first-order chi connectivity index (χ1) is 20.3. The van der Waals surface area contributed by atoms with Crippen LogP contribution in [0.2, 0.25) is 0 Å². The van der Waals surface area contributed by atoms with Crippen LogP contribution in [0.1, 0.15) is 81.9 Å². The summed E-state index contributed by atoms with van der Waals surface area (Å²) in [6.45, 7) is 6.85. The predicted octanol–water partition coefficient (Wildman–Crippen LogP) is 7.37. The molecule has 0 spiro atoms. The molecule has 0 radical (unpaired) electrons. The first kappa shape index (κ1) is 34.5. The van der Waals surface area contributed by atoms with E-state index in [2.05, 4.69) is 31.0 Å². The van der Waals surface area contributed by atoms with Crippen molar-refractivity contribution < 1.29 is 36.6 Å². The van der Waals surface area contributed by atoms with Crippen molar-refractivity contribution in [2.75, 3.05) is 32.6 Å². The van der Waals surface area contributed by atoms with E-state index in [9.17, 15) is 27.2 Å². The van der Waals surface area contributed by atoms with Gasteiger partial charge in [0, 0.05) is 44.1 Å². The highest BCUT2D eigenvalue weighted by molar-refractivity contribution is 5.90. The summed E-state index contributed by atoms with van der Waals surface area (Å²) in [6, 6.07) is 9.49. The fraction of sp³-hybridized carbons (Fsp3) is 0.576. The molecule has 238 valence electrons. The van der Waals surface area contributed by atoms with Gasteiger partial charge in [0.1, 0.15) is 18.0 Å². The van der Waals surface area contributed by atoms with Crippen molar-refractivity contribution in [1.29, 1.82) is 0 Å². The van der Waals surface area contributed by atoms with E-state index in [1.807, 2.05) is 13.1 Å². The van der Waals surface area contributed by atoms with Gasteiger partial charge in [-0.3, -0.25) is 4.79 Å². The number of ether oxygens (including phenoxy) is 2. The molecule has 0 aliphatic heterocycles. The summed E-state index contributed by atoms with van der Waals surface area (Å²) in [6.07, 6.45) is -0.0389. The van der Waals surface area contributed by atoms with Crippen LogP contribution in [-0.4, -0.2) is 55.7 Å². The number of benzene rings is 2. The van der Waals surface area contributed by atoms with E-state index >= 15 is 0 Å². The summed E-state index contributed by atoms with van der Waals surface area (Å²) >= 11 is 0. The molecule has 1 unspecified atom stereocenters. The number of alkyl halides is 3. The zero-order chi connectivity index (χ0) is 31.8. The van der Waals surface area contributed by atoms with Gasteiger partial charge in [-0.2, -0.15) is 13.2 Å². The third-order valence-corrected chi connectivity index (χ3v) is 8.48. The number of nitrogens with one attached hydrogen (secondary N) is 1. The molecule has 0 aromatic heterocycles. The molecule has 10 heteroatoms. The van der Waals surface area contributed by atoms with E-state index in [-0.39, 0.29) is 42.6 Å². The summed E-state index contributed by atoms with van der Waals surface area (Å²) in [5, 5.41) is 2.65. The van der Waals surface area contributed by atoms with Gasteiger partial charge >= 0.3 is 12.1 Å². The Balaban J connectivity index is 1.55. The molecule has 2 aromatic rings. The summed E-state index contributed by atoms with van der Waals surface area (Å²) in [5.74, 6) is -0.863.